The van der Waals surface area contributed by atoms with E-state index in [9.17, 15) is 0 Å². The molecule has 0 bridgehead atoms. The molecule has 0 aliphatic carbocycles. The molecule has 0 unspecified atom stereocenters. The summed E-state index contributed by atoms with van der Waals surface area (Å²) in [5.74, 6) is 1.54. The number of hydrogen-bond donors (Lipinski definition) is 0. The fourth-order valence-electron chi connectivity index (χ4n) is 3.06. The summed E-state index contributed by atoms with van der Waals surface area (Å²) in [7, 11) is 0. The summed E-state index contributed by atoms with van der Waals surface area (Å²) in [4.78, 5) is 15.3. The fourth-order valence-corrected chi connectivity index (χ4v) is 4.01. The first kappa shape index (κ1) is 14.4. The van der Waals surface area contributed by atoms with Gasteiger partial charge in [-0.25, -0.2) is 9.97 Å². The summed E-state index contributed by atoms with van der Waals surface area (Å²) in [6.45, 7) is 4.10. The molecule has 23 heavy (non-hydrogen) atoms. The zero-order valence-electron chi connectivity index (χ0n) is 13.0. The third-order valence-corrected chi connectivity index (χ3v) is 5.58. The first-order valence-electron chi connectivity index (χ1n) is 7.97. The monoisotopic (exact) mass is 326 g/mol. The first-order chi connectivity index (χ1) is 11.3. The predicted molar refractivity (Wildman–Crippen MR) is 90.8 cm³/mol. The number of aryl methyl sites for hydroxylation is 1. The van der Waals surface area contributed by atoms with Crippen molar-refractivity contribution in [2.45, 2.75) is 32.1 Å². The van der Waals surface area contributed by atoms with Gasteiger partial charge in [-0.2, -0.15) is 0 Å². The number of fused-ring (bicyclic) bond motifs is 1. The van der Waals surface area contributed by atoms with Crippen LogP contribution in [0, 0.1) is 0 Å². The van der Waals surface area contributed by atoms with Gasteiger partial charge >= 0.3 is 0 Å². The van der Waals surface area contributed by atoms with Crippen LogP contribution in [0.1, 0.15) is 35.7 Å². The summed E-state index contributed by atoms with van der Waals surface area (Å²) in [5, 5.41) is 12.0. The quantitative estimate of drug-likeness (QED) is 0.737. The number of rotatable bonds is 3. The molecule has 0 amide bonds. The Kier molecular flexibility index (Phi) is 3.87. The molecule has 0 atom stereocenters. The Balaban J connectivity index is 1.52. The number of piperidine rings is 1. The smallest absolute Gasteiger partial charge is 0.139 e. The molecule has 0 aromatic carbocycles. The van der Waals surface area contributed by atoms with Gasteiger partial charge in [0.2, 0.25) is 0 Å². The van der Waals surface area contributed by atoms with Crippen molar-refractivity contribution in [3.05, 3.63) is 34.8 Å². The van der Waals surface area contributed by atoms with E-state index in [1.165, 1.54) is 5.01 Å². The molecule has 3 aromatic heterocycles. The Hall–Kier alpha value is -2.15. The second-order valence-corrected chi connectivity index (χ2v) is 6.83. The standard InChI is InChI=1S/C16H18N6S/c1-2-14-20-21-16(23-14)11-4-7-22(8-5-11)15-12-3-6-17-9-13(12)18-10-19-15/h3,6,9-11H,2,4-5,7-8H2,1H3. The summed E-state index contributed by atoms with van der Waals surface area (Å²) < 4.78 is 0. The number of anilines is 1. The predicted octanol–water partition coefficient (Wildman–Crippen LogP) is 2.82. The molecule has 118 valence electrons. The van der Waals surface area contributed by atoms with E-state index in [0.717, 1.165) is 54.1 Å². The summed E-state index contributed by atoms with van der Waals surface area (Å²) >= 11 is 1.76. The van der Waals surface area contributed by atoms with Gasteiger partial charge in [0.05, 0.1) is 11.7 Å². The molecule has 1 saturated heterocycles. The summed E-state index contributed by atoms with van der Waals surface area (Å²) in [6.07, 6.45) is 8.38. The van der Waals surface area contributed by atoms with Gasteiger partial charge in [0.25, 0.3) is 0 Å². The van der Waals surface area contributed by atoms with Crippen LogP contribution >= 0.6 is 11.3 Å². The number of hydrogen-bond acceptors (Lipinski definition) is 7. The van der Waals surface area contributed by atoms with E-state index < -0.39 is 0 Å². The van der Waals surface area contributed by atoms with E-state index in [4.69, 9.17) is 0 Å². The molecule has 0 N–H and O–H groups in total. The van der Waals surface area contributed by atoms with Gasteiger partial charge < -0.3 is 4.90 Å². The fraction of sp³-hybridized carbons (Fsp3) is 0.438. The molecule has 1 fully saturated rings. The molecule has 6 nitrogen and oxygen atoms in total. The van der Waals surface area contributed by atoms with Crippen LogP contribution in [0.25, 0.3) is 10.9 Å². The lowest BCUT2D eigenvalue weighted by Gasteiger charge is -2.32. The first-order valence-corrected chi connectivity index (χ1v) is 8.78. The highest BCUT2D eigenvalue weighted by atomic mass is 32.1. The normalized spacial score (nSPS) is 16.1. The molecule has 0 saturated carbocycles. The van der Waals surface area contributed by atoms with Gasteiger partial charge in [-0.3, -0.25) is 4.98 Å². The van der Waals surface area contributed by atoms with Crippen LogP contribution in [-0.4, -0.2) is 38.2 Å². The Morgan fingerprint density at radius 2 is 2.09 bits per heavy atom. The van der Waals surface area contributed by atoms with Crippen LogP contribution in [0.3, 0.4) is 0 Å². The summed E-state index contributed by atoms with van der Waals surface area (Å²) in [5.41, 5.74) is 0.899. The molecule has 4 heterocycles. The SMILES string of the molecule is CCc1nnc(C2CCN(c3ncnc4cnccc34)CC2)s1. The van der Waals surface area contributed by atoms with E-state index in [0.29, 0.717) is 5.92 Å². The van der Waals surface area contributed by atoms with Crippen molar-refractivity contribution >= 4 is 28.1 Å². The average molecular weight is 326 g/mol. The minimum Gasteiger partial charge on any atom is -0.356 e. The van der Waals surface area contributed by atoms with Crippen LogP contribution in [0.4, 0.5) is 5.82 Å². The second kappa shape index (κ2) is 6.16. The van der Waals surface area contributed by atoms with Crippen molar-refractivity contribution in [2.24, 2.45) is 0 Å². The lowest BCUT2D eigenvalue weighted by Crippen LogP contribution is -2.33. The molecule has 1 aliphatic heterocycles. The maximum absolute atomic E-state index is 4.51. The topological polar surface area (TPSA) is 67.7 Å². The van der Waals surface area contributed by atoms with Crippen molar-refractivity contribution in [1.82, 2.24) is 25.1 Å². The van der Waals surface area contributed by atoms with E-state index >= 15 is 0 Å². The Labute approximate surface area is 138 Å². The molecule has 7 heteroatoms. The van der Waals surface area contributed by atoms with Gasteiger partial charge in [-0.15, -0.1) is 21.5 Å². The number of nitrogens with zero attached hydrogens (tertiary/aromatic N) is 6. The number of aromatic nitrogens is 5. The van der Waals surface area contributed by atoms with Gasteiger partial charge in [0, 0.05) is 30.6 Å². The lowest BCUT2D eigenvalue weighted by atomic mass is 9.97. The minimum atomic E-state index is 0.527. The Morgan fingerprint density at radius 3 is 2.87 bits per heavy atom. The van der Waals surface area contributed by atoms with E-state index in [2.05, 4.69) is 37.0 Å². The third-order valence-electron chi connectivity index (χ3n) is 4.35. The van der Waals surface area contributed by atoms with Crippen LogP contribution in [0.5, 0.6) is 0 Å². The highest BCUT2D eigenvalue weighted by Gasteiger charge is 2.25. The molecule has 3 aromatic rings. The summed E-state index contributed by atoms with van der Waals surface area (Å²) in [6, 6.07) is 2.00. The Morgan fingerprint density at radius 1 is 1.22 bits per heavy atom. The van der Waals surface area contributed by atoms with Crippen molar-refractivity contribution in [2.75, 3.05) is 18.0 Å². The molecule has 0 spiro atoms. The largest absolute Gasteiger partial charge is 0.356 e. The van der Waals surface area contributed by atoms with Crippen LogP contribution < -0.4 is 4.90 Å². The van der Waals surface area contributed by atoms with Gasteiger partial charge in [-0.1, -0.05) is 6.92 Å². The molecular weight excluding hydrogens is 308 g/mol. The van der Waals surface area contributed by atoms with Gasteiger partial charge in [-0.05, 0) is 25.3 Å². The van der Waals surface area contributed by atoms with Crippen molar-refractivity contribution in [1.29, 1.82) is 0 Å². The Bertz CT molecular complexity index is 804. The zero-order chi connectivity index (χ0) is 15.6. The van der Waals surface area contributed by atoms with Crippen molar-refractivity contribution < 1.29 is 0 Å². The molecular formula is C16H18N6S. The third kappa shape index (κ3) is 2.76. The van der Waals surface area contributed by atoms with Gasteiger partial charge in [0.15, 0.2) is 0 Å². The highest BCUT2D eigenvalue weighted by molar-refractivity contribution is 7.11. The van der Waals surface area contributed by atoms with Crippen molar-refractivity contribution in [3.8, 4) is 0 Å². The van der Waals surface area contributed by atoms with Crippen LogP contribution in [-0.2, 0) is 6.42 Å². The van der Waals surface area contributed by atoms with Crippen LogP contribution in [0.2, 0.25) is 0 Å². The maximum atomic E-state index is 4.51. The van der Waals surface area contributed by atoms with Gasteiger partial charge in [0.1, 0.15) is 22.2 Å². The molecule has 4 rings (SSSR count). The zero-order valence-corrected chi connectivity index (χ0v) is 13.8. The number of pyridine rings is 1. The average Bonchev–Trinajstić information content (AvgIpc) is 3.11. The minimum absolute atomic E-state index is 0.527. The van der Waals surface area contributed by atoms with Crippen LogP contribution in [0.15, 0.2) is 24.8 Å². The van der Waals surface area contributed by atoms with Crippen molar-refractivity contribution in [3.63, 3.8) is 0 Å². The highest BCUT2D eigenvalue weighted by Crippen LogP contribution is 2.33. The lowest BCUT2D eigenvalue weighted by molar-refractivity contribution is 0.499. The van der Waals surface area contributed by atoms with E-state index in [1.807, 2.05) is 6.07 Å². The van der Waals surface area contributed by atoms with E-state index in [1.54, 1.807) is 30.1 Å². The van der Waals surface area contributed by atoms with E-state index in [-0.39, 0.29) is 0 Å². The molecule has 1 aliphatic rings. The maximum Gasteiger partial charge on any atom is 0.139 e. The second-order valence-electron chi connectivity index (χ2n) is 5.74. The molecule has 0 radical (unpaired) electrons.